The summed E-state index contributed by atoms with van der Waals surface area (Å²) >= 11 is 0. The Morgan fingerprint density at radius 2 is 1.22 bits per heavy atom. The van der Waals surface area contributed by atoms with E-state index in [9.17, 15) is 36.5 Å². The van der Waals surface area contributed by atoms with Gasteiger partial charge in [0.15, 0.2) is 0 Å². The highest BCUT2D eigenvalue weighted by atomic mass is 19.4. The summed E-state index contributed by atoms with van der Waals surface area (Å²) in [7, 11) is 7.05. The Bertz CT molecular complexity index is 1180. The molecule has 0 saturated carbocycles. The van der Waals surface area contributed by atoms with E-state index in [-0.39, 0.29) is 16.8 Å². The Balaban J connectivity index is 0.000000362. The summed E-state index contributed by atoms with van der Waals surface area (Å²) in [6.07, 6.45) is -9.11. The summed E-state index contributed by atoms with van der Waals surface area (Å²) < 4.78 is 76.4. The molecule has 0 unspecified atom stereocenters. The summed E-state index contributed by atoms with van der Waals surface area (Å²) in [6.45, 7) is 0.704. The first-order valence-electron chi connectivity index (χ1n) is 10.1. The van der Waals surface area contributed by atoms with Gasteiger partial charge in [0.1, 0.15) is 0 Å². The molecule has 0 heterocycles. The summed E-state index contributed by atoms with van der Waals surface area (Å²) in [4.78, 5) is 13.1. The van der Waals surface area contributed by atoms with Crippen LogP contribution in [0, 0.1) is 33.8 Å². The average molecular weight is 514 g/mol. The molecular formula is C24H24F6N4O2. The van der Waals surface area contributed by atoms with Gasteiger partial charge in [-0.3, -0.25) is 19.9 Å². The molecule has 0 aliphatic heterocycles. The van der Waals surface area contributed by atoms with Gasteiger partial charge in [-0.25, -0.2) is 0 Å². The Morgan fingerprint density at radius 1 is 0.806 bits per heavy atom. The molecule has 0 aromatic heterocycles. The predicted molar refractivity (Wildman–Crippen MR) is 125 cm³/mol. The normalized spacial score (nSPS) is 11.1. The van der Waals surface area contributed by atoms with Crippen molar-refractivity contribution in [2.75, 3.05) is 47.0 Å². The van der Waals surface area contributed by atoms with E-state index >= 15 is 0 Å². The molecule has 194 valence electrons. The molecule has 6 nitrogen and oxygen atoms in total. The number of non-ortho nitro benzene ring substituents is 1. The van der Waals surface area contributed by atoms with E-state index in [0.29, 0.717) is 19.2 Å². The van der Waals surface area contributed by atoms with E-state index in [2.05, 4.69) is 23.7 Å². The second-order valence-electron chi connectivity index (χ2n) is 7.87. The molecule has 2 aromatic rings. The van der Waals surface area contributed by atoms with Crippen LogP contribution in [-0.2, 0) is 12.4 Å². The lowest BCUT2D eigenvalue weighted by atomic mass is 10.1. The van der Waals surface area contributed by atoms with Crippen molar-refractivity contribution < 1.29 is 31.3 Å². The van der Waals surface area contributed by atoms with Crippen molar-refractivity contribution in [3.05, 3.63) is 68.8 Å². The van der Waals surface area contributed by atoms with Crippen molar-refractivity contribution in [2.45, 2.75) is 12.4 Å². The molecule has 0 amide bonds. The summed E-state index contributed by atoms with van der Waals surface area (Å²) in [5.74, 6) is 10.1. The first kappa shape index (κ1) is 30.3. The highest BCUT2D eigenvalue weighted by Crippen LogP contribution is 2.34. The monoisotopic (exact) mass is 514 g/mol. The maximum Gasteiger partial charge on any atom is 0.417 e. The molecule has 2 rings (SSSR count). The van der Waals surface area contributed by atoms with E-state index in [1.165, 1.54) is 12.1 Å². The number of hydrogen-bond donors (Lipinski definition) is 1. The fraction of sp³-hybridized carbons (Fsp3) is 0.333. The molecule has 0 radical (unpaired) electrons. The number of halogens is 6. The smallest absolute Gasteiger partial charge is 0.399 e. The van der Waals surface area contributed by atoms with Crippen LogP contribution < -0.4 is 5.73 Å². The molecule has 0 saturated heterocycles. The molecule has 0 atom stereocenters. The topological polar surface area (TPSA) is 75.6 Å². The first-order valence-corrected chi connectivity index (χ1v) is 10.1. The lowest BCUT2D eigenvalue weighted by molar-refractivity contribution is -0.385. The van der Waals surface area contributed by atoms with Crippen LogP contribution in [0.1, 0.15) is 22.3 Å². The van der Waals surface area contributed by atoms with Crippen molar-refractivity contribution in [2.24, 2.45) is 0 Å². The van der Waals surface area contributed by atoms with Gasteiger partial charge in [-0.05, 0) is 52.5 Å². The molecule has 12 heteroatoms. The van der Waals surface area contributed by atoms with Gasteiger partial charge in [0.05, 0.1) is 29.1 Å². The second-order valence-corrected chi connectivity index (χ2v) is 7.87. The van der Waals surface area contributed by atoms with Crippen LogP contribution in [0.2, 0.25) is 0 Å². The Morgan fingerprint density at radius 3 is 1.61 bits per heavy atom. The van der Waals surface area contributed by atoms with Gasteiger partial charge >= 0.3 is 12.4 Å². The van der Waals surface area contributed by atoms with Crippen molar-refractivity contribution in [1.82, 2.24) is 9.80 Å². The minimum Gasteiger partial charge on any atom is -0.399 e. The lowest BCUT2D eigenvalue weighted by Gasteiger charge is -2.09. The molecular weight excluding hydrogens is 490 g/mol. The van der Waals surface area contributed by atoms with Gasteiger partial charge in [0.2, 0.25) is 0 Å². The zero-order valence-electron chi connectivity index (χ0n) is 19.9. The number of anilines is 1. The average Bonchev–Trinajstić information content (AvgIpc) is 2.73. The Kier molecular flexibility index (Phi) is 10.8. The summed E-state index contributed by atoms with van der Waals surface area (Å²) in [5, 5.41) is 10.5. The summed E-state index contributed by atoms with van der Waals surface area (Å²) in [6, 6.07) is 6.13. The van der Waals surface area contributed by atoms with Crippen molar-refractivity contribution in [3.8, 4) is 23.7 Å². The van der Waals surface area contributed by atoms with Crippen LogP contribution in [0.5, 0.6) is 0 Å². The fourth-order valence-corrected chi connectivity index (χ4v) is 2.48. The minimum absolute atomic E-state index is 0.0476. The first-order chi connectivity index (χ1) is 16.5. The number of rotatable bonds is 3. The number of hydrogen-bond acceptors (Lipinski definition) is 5. The quantitative estimate of drug-likeness (QED) is 0.211. The van der Waals surface area contributed by atoms with E-state index in [1.807, 2.05) is 0 Å². The highest BCUT2D eigenvalue weighted by molar-refractivity contribution is 5.52. The second kappa shape index (κ2) is 12.8. The van der Waals surface area contributed by atoms with Gasteiger partial charge in [-0.2, -0.15) is 26.3 Å². The highest BCUT2D eigenvalue weighted by Gasteiger charge is 2.35. The molecule has 36 heavy (non-hydrogen) atoms. The Labute approximate surface area is 204 Å². The minimum atomic E-state index is -4.67. The molecule has 0 aliphatic carbocycles. The fourth-order valence-electron chi connectivity index (χ4n) is 2.48. The number of nitrogens with zero attached hydrogens (tertiary/aromatic N) is 3. The van der Waals surface area contributed by atoms with Crippen LogP contribution in [0.3, 0.4) is 0 Å². The van der Waals surface area contributed by atoms with Crippen LogP contribution in [-0.4, -0.2) is 56.0 Å². The van der Waals surface area contributed by atoms with E-state index in [4.69, 9.17) is 5.73 Å². The number of benzene rings is 2. The molecule has 0 spiro atoms. The van der Waals surface area contributed by atoms with Gasteiger partial charge in [-0.1, -0.05) is 23.7 Å². The van der Waals surface area contributed by atoms with Crippen LogP contribution in [0.15, 0.2) is 36.4 Å². The van der Waals surface area contributed by atoms with Crippen LogP contribution in [0.25, 0.3) is 0 Å². The molecule has 2 aromatic carbocycles. The van der Waals surface area contributed by atoms with Gasteiger partial charge < -0.3 is 5.73 Å². The maximum atomic E-state index is 12.8. The van der Waals surface area contributed by atoms with E-state index in [0.717, 1.165) is 18.2 Å². The standard InChI is InChI=1S/C12H11F3N2O2.C12H13F3N2/c1-16(2)7-3-4-9-5-6-10(17(18)19)8-11(9)12(13,14)15;1-17(2)7-3-4-9-5-6-10(16)8-11(9)12(13,14)15/h5-6,8H,7H2,1-2H3;5-6,8H,7,16H2,1-2H3. The molecule has 0 aliphatic rings. The number of nitro benzene ring substituents is 1. The Hall–Kier alpha value is -3.74. The molecule has 2 N–H and O–H groups in total. The van der Waals surface area contributed by atoms with Crippen molar-refractivity contribution >= 4 is 11.4 Å². The number of nitrogen functional groups attached to an aromatic ring is 1. The SMILES string of the molecule is CN(C)CC#Cc1ccc(N)cc1C(F)(F)F.CN(C)CC#Cc1ccc([N+](=O)[O-])cc1C(F)(F)F. The van der Waals surface area contributed by atoms with E-state index < -0.39 is 34.1 Å². The van der Waals surface area contributed by atoms with Gasteiger partial charge in [0.25, 0.3) is 5.69 Å². The van der Waals surface area contributed by atoms with E-state index in [1.54, 1.807) is 38.0 Å². The number of nitro groups is 1. The van der Waals surface area contributed by atoms with Crippen molar-refractivity contribution in [1.29, 1.82) is 0 Å². The third-order valence-electron chi connectivity index (χ3n) is 4.11. The third-order valence-corrected chi connectivity index (χ3v) is 4.11. The van der Waals surface area contributed by atoms with Gasteiger partial charge in [0, 0.05) is 28.9 Å². The van der Waals surface area contributed by atoms with Gasteiger partial charge in [-0.15, -0.1) is 0 Å². The van der Waals surface area contributed by atoms with Crippen LogP contribution in [0.4, 0.5) is 37.7 Å². The zero-order valence-corrected chi connectivity index (χ0v) is 19.9. The van der Waals surface area contributed by atoms with Crippen LogP contribution >= 0.6 is 0 Å². The lowest BCUT2D eigenvalue weighted by Crippen LogP contribution is -2.11. The number of nitrogens with two attached hydrogens (primary N) is 1. The predicted octanol–water partition coefficient (Wildman–Crippen LogP) is 4.73. The molecule has 0 fully saturated rings. The third kappa shape index (κ3) is 10.3. The maximum absolute atomic E-state index is 12.8. The summed E-state index contributed by atoms with van der Waals surface area (Å²) in [5.41, 5.74) is 2.63. The zero-order chi connectivity index (χ0) is 27.7. The largest absolute Gasteiger partial charge is 0.417 e. The van der Waals surface area contributed by atoms with Crippen molar-refractivity contribution in [3.63, 3.8) is 0 Å². The number of alkyl halides is 6. The molecule has 0 bridgehead atoms.